The second-order valence-corrected chi connectivity index (χ2v) is 6.69. The minimum atomic E-state index is 0.00531. The van der Waals surface area contributed by atoms with E-state index in [1.54, 1.807) is 0 Å². The monoisotopic (exact) mass is 315 g/mol. The number of carbonyl (C=O) groups is 2. The van der Waals surface area contributed by atoms with Gasteiger partial charge in [-0.25, -0.2) is 0 Å². The second-order valence-electron chi connectivity index (χ2n) is 6.69. The predicted octanol–water partition coefficient (Wildman–Crippen LogP) is 1.32. The number of hydrogen-bond acceptors (Lipinski definition) is 3. The van der Waals surface area contributed by atoms with Crippen molar-refractivity contribution in [3.63, 3.8) is 0 Å². The molecule has 1 aromatic rings. The number of hydrogen-bond donors (Lipinski definition) is 2. The molecule has 3 atom stereocenters. The van der Waals surface area contributed by atoms with E-state index in [1.807, 2.05) is 18.2 Å². The third-order valence-corrected chi connectivity index (χ3v) is 5.04. The fourth-order valence-corrected chi connectivity index (χ4v) is 3.76. The van der Waals surface area contributed by atoms with Crippen LogP contribution in [0.25, 0.3) is 0 Å². The average molecular weight is 315 g/mol. The van der Waals surface area contributed by atoms with Crippen LogP contribution in [-0.4, -0.2) is 43.4 Å². The maximum Gasteiger partial charge on any atom is 0.225 e. The summed E-state index contributed by atoms with van der Waals surface area (Å²) in [7, 11) is 2.08. The SMILES string of the molecule is CN1CC[C@H](C(=O)NCCC2CNC(=O)C2)[C@@H]1c1ccccc1. The van der Waals surface area contributed by atoms with Crippen molar-refractivity contribution in [2.24, 2.45) is 11.8 Å². The molecular weight excluding hydrogens is 290 g/mol. The minimum Gasteiger partial charge on any atom is -0.356 e. The van der Waals surface area contributed by atoms with Crippen molar-refractivity contribution >= 4 is 11.8 Å². The molecule has 0 spiro atoms. The smallest absolute Gasteiger partial charge is 0.225 e. The molecule has 23 heavy (non-hydrogen) atoms. The summed E-state index contributed by atoms with van der Waals surface area (Å²) in [6, 6.07) is 10.4. The molecule has 2 amide bonds. The highest BCUT2D eigenvalue weighted by Crippen LogP contribution is 2.36. The molecule has 5 nitrogen and oxygen atoms in total. The number of benzene rings is 1. The van der Waals surface area contributed by atoms with Crippen molar-refractivity contribution in [2.45, 2.75) is 25.3 Å². The van der Waals surface area contributed by atoms with Crippen LogP contribution in [0.4, 0.5) is 0 Å². The molecule has 124 valence electrons. The van der Waals surface area contributed by atoms with Gasteiger partial charge in [0.05, 0.1) is 5.92 Å². The molecule has 2 heterocycles. The molecule has 0 saturated carbocycles. The van der Waals surface area contributed by atoms with Crippen LogP contribution < -0.4 is 10.6 Å². The zero-order valence-electron chi connectivity index (χ0n) is 13.6. The molecule has 2 aliphatic rings. The van der Waals surface area contributed by atoms with Crippen LogP contribution in [0, 0.1) is 11.8 Å². The Morgan fingerprint density at radius 2 is 2.13 bits per heavy atom. The van der Waals surface area contributed by atoms with Crippen LogP contribution in [0.3, 0.4) is 0 Å². The number of amides is 2. The van der Waals surface area contributed by atoms with E-state index in [4.69, 9.17) is 0 Å². The molecule has 5 heteroatoms. The first-order valence-corrected chi connectivity index (χ1v) is 8.44. The highest BCUT2D eigenvalue weighted by atomic mass is 16.2. The van der Waals surface area contributed by atoms with E-state index in [2.05, 4.69) is 34.7 Å². The third kappa shape index (κ3) is 3.72. The van der Waals surface area contributed by atoms with E-state index in [1.165, 1.54) is 5.56 Å². The van der Waals surface area contributed by atoms with Gasteiger partial charge in [-0.15, -0.1) is 0 Å². The summed E-state index contributed by atoms with van der Waals surface area (Å²) in [6.45, 7) is 2.34. The van der Waals surface area contributed by atoms with Crippen molar-refractivity contribution in [3.05, 3.63) is 35.9 Å². The summed E-state index contributed by atoms with van der Waals surface area (Å²) in [6.07, 6.45) is 2.35. The zero-order chi connectivity index (χ0) is 16.2. The summed E-state index contributed by atoms with van der Waals surface area (Å²) < 4.78 is 0. The maximum atomic E-state index is 12.6. The first kappa shape index (κ1) is 16.0. The van der Waals surface area contributed by atoms with Gasteiger partial charge < -0.3 is 10.6 Å². The van der Waals surface area contributed by atoms with Crippen LogP contribution in [-0.2, 0) is 9.59 Å². The van der Waals surface area contributed by atoms with E-state index >= 15 is 0 Å². The van der Waals surface area contributed by atoms with Gasteiger partial charge in [0.15, 0.2) is 0 Å². The lowest BCUT2D eigenvalue weighted by molar-refractivity contribution is -0.125. The zero-order valence-corrected chi connectivity index (χ0v) is 13.6. The van der Waals surface area contributed by atoms with Gasteiger partial charge >= 0.3 is 0 Å². The highest BCUT2D eigenvalue weighted by Gasteiger charge is 2.37. The largest absolute Gasteiger partial charge is 0.356 e. The molecular formula is C18H25N3O2. The van der Waals surface area contributed by atoms with Crippen molar-refractivity contribution < 1.29 is 9.59 Å². The van der Waals surface area contributed by atoms with Crippen molar-refractivity contribution in [1.29, 1.82) is 0 Å². The summed E-state index contributed by atoms with van der Waals surface area (Å²) in [4.78, 5) is 26.0. The van der Waals surface area contributed by atoms with E-state index in [0.29, 0.717) is 18.9 Å². The quantitative estimate of drug-likeness (QED) is 0.861. The molecule has 2 saturated heterocycles. The molecule has 1 aromatic carbocycles. The summed E-state index contributed by atoms with van der Waals surface area (Å²) >= 11 is 0. The first-order valence-electron chi connectivity index (χ1n) is 8.44. The van der Waals surface area contributed by atoms with Gasteiger partial charge in [-0.1, -0.05) is 30.3 Å². The van der Waals surface area contributed by atoms with Gasteiger partial charge in [0, 0.05) is 25.6 Å². The Morgan fingerprint density at radius 3 is 2.83 bits per heavy atom. The van der Waals surface area contributed by atoms with Crippen molar-refractivity contribution in [3.8, 4) is 0 Å². The summed E-state index contributed by atoms with van der Waals surface area (Å²) in [5.41, 5.74) is 1.21. The Balaban J connectivity index is 1.54. The fraction of sp³-hybridized carbons (Fsp3) is 0.556. The fourth-order valence-electron chi connectivity index (χ4n) is 3.76. The lowest BCUT2D eigenvalue weighted by Gasteiger charge is -2.25. The Hall–Kier alpha value is -1.88. The Bertz CT molecular complexity index is 561. The van der Waals surface area contributed by atoms with E-state index in [-0.39, 0.29) is 23.8 Å². The van der Waals surface area contributed by atoms with Gasteiger partial charge in [-0.2, -0.15) is 0 Å². The lowest BCUT2D eigenvalue weighted by Crippen LogP contribution is -2.35. The Labute approximate surface area is 137 Å². The molecule has 0 aliphatic carbocycles. The average Bonchev–Trinajstić information content (AvgIpc) is 3.14. The van der Waals surface area contributed by atoms with Gasteiger partial charge in [0.2, 0.25) is 11.8 Å². The van der Waals surface area contributed by atoms with Crippen LogP contribution in [0.2, 0.25) is 0 Å². The van der Waals surface area contributed by atoms with Crippen molar-refractivity contribution in [1.82, 2.24) is 15.5 Å². The lowest BCUT2D eigenvalue weighted by atomic mass is 9.93. The molecule has 1 unspecified atom stereocenters. The van der Waals surface area contributed by atoms with E-state index < -0.39 is 0 Å². The second kappa shape index (κ2) is 7.13. The first-order chi connectivity index (χ1) is 11.1. The summed E-state index contributed by atoms with van der Waals surface area (Å²) in [5.74, 6) is 0.632. The summed E-state index contributed by atoms with van der Waals surface area (Å²) in [5, 5.41) is 5.92. The molecule has 0 radical (unpaired) electrons. The van der Waals surface area contributed by atoms with Crippen LogP contribution in [0.15, 0.2) is 30.3 Å². The van der Waals surface area contributed by atoms with E-state index in [9.17, 15) is 9.59 Å². The maximum absolute atomic E-state index is 12.6. The van der Waals surface area contributed by atoms with Gasteiger partial charge in [-0.3, -0.25) is 14.5 Å². The van der Waals surface area contributed by atoms with Gasteiger partial charge in [0.1, 0.15) is 0 Å². The van der Waals surface area contributed by atoms with Crippen LogP contribution in [0.5, 0.6) is 0 Å². The number of nitrogens with zero attached hydrogens (tertiary/aromatic N) is 1. The topological polar surface area (TPSA) is 61.4 Å². The third-order valence-electron chi connectivity index (χ3n) is 5.04. The highest BCUT2D eigenvalue weighted by molar-refractivity contribution is 5.80. The number of likely N-dealkylation sites (tertiary alicyclic amines) is 1. The van der Waals surface area contributed by atoms with Gasteiger partial charge in [-0.05, 0) is 37.9 Å². The van der Waals surface area contributed by atoms with Crippen molar-refractivity contribution in [2.75, 3.05) is 26.7 Å². The number of carbonyl (C=O) groups excluding carboxylic acids is 2. The molecule has 2 fully saturated rings. The molecule has 3 rings (SSSR count). The normalized spacial score (nSPS) is 27.9. The van der Waals surface area contributed by atoms with Gasteiger partial charge in [0.25, 0.3) is 0 Å². The van der Waals surface area contributed by atoms with Crippen LogP contribution in [0.1, 0.15) is 30.9 Å². The minimum absolute atomic E-state index is 0.00531. The molecule has 0 bridgehead atoms. The number of nitrogens with one attached hydrogen (secondary N) is 2. The predicted molar refractivity (Wildman–Crippen MR) is 88.7 cm³/mol. The Kier molecular flexibility index (Phi) is 4.96. The molecule has 2 N–H and O–H groups in total. The van der Waals surface area contributed by atoms with E-state index in [0.717, 1.165) is 25.9 Å². The molecule has 0 aromatic heterocycles. The Morgan fingerprint density at radius 1 is 1.35 bits per heavy atom. The molecule has 2 aliphatic heterocycles. The van der Waals surface area contributed by atoms with Crippen LogP contribution >= 0.6 is 0 Å². The standard InChI is InChI=1S/C18H25N3O2/c1-21-10-8-15(17(21)14-5-3-2-4-6-14)18(23)19-9-7-13-11-16(22)20-12-13/h2-6,13,15,17H,7-12H2,1H3,(H,19,23)(H,20,22)/t13?,15-,17-/m0/s1. The number of rotatable bonds is 5.